The van der Waals surface area contributed by atoms with Crippen LogP contribution in [0, 0.1) is 5.92 Å². The average molecular weight is 218 g/mol. The van der Waals surface area contributed by atoms with Crippen LogP contribution in [0.1, 0.15) is 31.9 Å². The quantitative estimate of drug-likeness (QED) is 0.813. The molecule has 2 heteroatoms. The van der Waals surface area contributed by atoms with Gasteiger partial charge >= 0.3 is 0 Å². The molecule has 2 rings (SSSR count). The zero-order valence-electron chi connectivity index (χ0n) is 10.2. The van der Waals surface area contributed by atoms with Crippen molar-refractivity contribution >= 4 is 0 Å². The monoisotopic (exact) mass is 218 g/mol. The van der Waals surface area contributed by atoms with Crippen molar-refractivity contribution < 1.29 is 0 Å². The first-order valence-electron chi connectivity index (χ1n) is 6.33. The molecule has 3 unspecified atom stereocenters. The maximum absolute atomic E-state index is 3.66. The SMILES string of the molecule is CCC(C)C1CNC(c2ccccc2)CN1. The predicted molar refractivity (Wildman–Crippen MR) is 68.4 cm³/mol. The third kappa shape index (κ3) is 2.63. The predicted octanol–water partition coefficient (Wildman–Crippen LogP) is 2.34. The van der Waals surface area contributed by atoms with Crippen molar-refractivity contribution in [3.8, 4) is 0 Å². The Kier molecular flexibility index (Phi) is 3.97. The molecule has 1 saturated heterocycles. The fraction of sp³-hybridized carbons (Fsp3) is 0.571. The molecule has 1 heterocycles. The normalized spacial score (nSPS) is 27.6. The van der Waals surface area contributed by atoms with Gasteiger partial charge in [-0.2, -0.15) is 0 Å². The maximum atomic E-state index is 3.66. The minimum absolute atomic E-state index is 0.474. The molecular weight excluding hydrogens is 196 g/mol. The zero-order valence-corrected chi connectivity index (χ0v) is 10.2. The standard InChI is InChI=1S/C14H22N2/c1-3-11(2)13-9-16-14(10-15-13)12-7-5-4-6-8-12/h4-8,11,13-16H,3,9-10H2,1-2H3. The molecule has 2 N–H and O–H groups in total. The number of rotatable bonds is 3. The second-order valence-electron chi connectivity index (χ2n) is 4.77. The second kappa shape index (κ2) is 5.46. The van der Waals surface area contributed by atoms with Gasteiger partial charge in [0, 0.05) is 25.2 Å². The number of nitrogens with one attached hydrogen (secondary N) is 2. The van der Waals surface area contributed by atoms with Crippen molar-refractivity contribution in [1.29, 1.82) is 0 Å². The Labute approximate surface area is 98.4 Å². The summed E-state index contributed by atoms with van der Waals surface area (Å²) in [6.07, 6.45) is 1.25. The Bertz CT molecular complexity index is 302. The third-order valence-electron chi connectivity index (χ3n) is 3.70. The summed E-state index contributed by atoms with van der Waals surface area (Å²) < 4.78 is 0. The fourth-order valence-electron chi connectivity index (χ4n) is 2.29. The summed E-state index contributed by atoms with van der Waals surface area (Å²) in [5, 5.41) is 7.29. The molecule has 3 atom stereocenters. The summed E-state index contributed by atoms with van der Waals surface area (Å²) in [5.41, 5.74) is 1.39. The second-order valence-corrected chi connectivity index (χ2v) is 4.77. The minimum Gasteiger partial charge on any atom is -0.311 e. The van der Waals surface area contributed by atoms with Crippen LogP contribution in [0.2, 0.25) is 0 Å². The van der Waals surface area contributed by atoms with E-state index >= 15 is 0 Å². The molecule has 0 aliphatic carbocycles. The van der Waals surface area contributed by atoms with E-state index in [1.54, 1.807) is 0 Å². The van der Waals surface area contributed by atoms with E-state index in [4.69, 9.17) is 0 Å². The highest BCUT2D eigenvalue weighted by Crippen LogP contribution is 2.17. The molecule has 1 fully saturated rings. The van der Waals surface area contributed by atoms with Crippen LogP contribution in [-0.2, 0) is 0 Å². The van der Waals surface area contributed by atoms with Crippen molar-refractivity contribution in [2.45, 2.75) is 32.4 Å². The van der Waals surface area contributed by atoms with Crippen LogP contribution in [0.3, 0.4) is 0 Å². The smallest absolute Gasteiger partial charge is 0.0447 e. The van der Waals surface area contributed by atoms with E-state index in [9.17, 15) is 0 Å². The largest absolute Gasteiger partial charge is 0.311 e. The van der Waals surface area contributed by atoms with Gasteiger partial charge in [0.1, 0.15) is 0 Å². The first kappa shape index (κ1) is 11.6. The van der Waals surface area contributed by atoms with Gasteiger partial charge in [-0.25, -0.2) is 0 Å². The molecule has 16 heavy (non-hydrogen) atoms. The zero-order chi connectivity index (χ0) is 11.4. The van der Waals surface area contributed by atoms with E-state index in [1.165, 1.54) is 12.0 Å². The maximum Gasteiger partial charge on any atom is 0.0447 e. The summed E-state index contributed by atoms with van der Waals surface area (Å²) >= 11 is 0. The van der Waals surface area contributed by atoms with Gasteiger partial charge in [0.15, 0.2) is 0 Å². The highest BCUT2D eigenvalue weighted by atomic mass is 15.1. The highest BCUT2D eigenvalue weighted by molar-refractivity contribution is 5.20. The first-order valence-corrected chi connectivity index (χ1v) is 6.33. The van der Waals surface area contributed by atoms with Crippen molar-refractivity contribution in [2.75, 3.05) is 13.1 Å². The van der Waals surface area contributed by atoms with Crippen LogP contribution >= 0.6 is 0 Å². The molecule has 0 saturated carbocycles. The molecule has 1 aromatic carbocycles. The van der Waals surface area contributed by atoms with Gasteiger partial charge in [-0.05, 0) is 11.5 Å². The Balaban J connectivity index is 1.91. The van der Waals surface area contributed by atoms with Crippen molar-refractivity contribution in [1.82, 2.24) is 10.6 Å². The van der Waals surface area contributed by atoms with E-state index in [0.29, 0.717) is 12.1 Å². The van der Waals surface area contributed by atoms with E-state index in [-0.39, 0.29) is 0 Å². The first-order chi connectivity index (χ1) is 7.81. The molecule has 0 radical (unpaired) electrons. The van der Waals surface area contributed by atoms with E-state index in [1.807, 2.05) is 0 Å². The van der Waals surface area contributed by atoms with Crippen LogP contribution in [0.4, 0.5) is 0 Å². The summed E-state index contributed by atoms with van der Waals surface area (Å²) in [7, 11) is 0. The molecule has 1 aliphatic rings. The van der Waals surface area contributed by atoms with Crippen molar-refractivity contribution in [3.63, 3.8) is 0 Å². The topological polar surface area (TPSA) is 24.1 Å². The summed E-state index contributed by atoms with van der Waals surface area (Å²) in [6.45, 7) is 6.70. The van der Waals surface area contributed by atoms with E-state index in [2.05, 4.69) is 54.8 Å². The van der Waals surface area contributed by atoms with Crippen molar-refractivity contribution in [3.05, 3.63) is 35.9 Å². The Morgan fingerprint density at radius 1 is 1.19 bits per heavy atom. The molecule has 0 amide bonds. The molecule has 0 spiro atoms. The number of piperazine rings is 1. The molecule has 1 aliphatic heterocycles. The molecular formula is C14H22N2. The van der Waals surface area contributed by atoms with E-state index < -0.39 is 0 Å². The lowest BCUT2D eigenvalue weighted by molar-refractivity contribution is 0.280. The van der Waals surface area contributed by atoms with Crippen LogP contribution in [0.5, 0.6) is 0 Å². The number of hydrogen-bond acceptors (Lipinski definition) is 2. The van der Waals surface area contributed by atoms with Gasteiger partial charge in [0.25, 0.3) is 0 Å². The van der Waals surface area contributed by atoms with Gasteiger partial charge in [-0.15, -0.1) is 0 Å². The molecule has 88 valence electrons. The van der Waals surface area contributed by atoms with Crippen LogP contribution in [0.25, 0.3) is 0 Å². The van der Waals surface area contributed by atoms with Crippen LogP contribution < -0.4 is 10.6 Å². The highest BCUT2D eigenvalue weighted by Gasteiger charge is 2.23. The van der Waals surface area contributed by atoms with Gasteiger partial charge in [0.2, 0.25) is 0 Å². The van der Waals surface area contributed by atoms with Gasteiger partial charge in [0.05, 0.1) is 0 Å². The summed E-state index contributed by atoms with van der Waals surface area (Å²) in [5.74, 6) is 0.754. The average Bonchev–Trinajstić information content (AvgIpc) is 2.39. The molecule has 0 aromatic heterocycles. The number of hydrogen-bond donors (Lipinski definition) is 2. The van der Waals surface area contributed by atoms with Crippen LogP contribution in [0.15, 0.2) is 30.3 Å². The fourth-order valence-corrected chi connectivity index (χ4v) is 2.29. The Morgan fingerprint density at radius 2 is 1.94 bits per heavy atom. The Morgan fingerprint density at radius 3 is 2.50 bits per heavy atom. The van der Waals surface area contributed by atoms with Gasteiger partial charge in [-0.3, -0.25) is 0 Å². The minimum atomic E-state index is 0.474. The van der Waals surface area contributed by atoms with Gasteiger partial charge in [-0.1, -0.05) is 50.6 Å². The third-order valence-corrected chi connectivity index (χ3v) is 3.70. The molecule has 0 bridgehead atoms. The lowest BCUT2D eigenvalue weighted by atomic mass is 9.95. The Hall–Kier alpha value is -0.860. The van der Waals surface area contributed by atoms with E-state index in [0.717, 1.165) is 19.0 Å². The van der Waals surface area contributed by atoms with Crippen LogP contribution in [-0.4, -0.2) is 19.1 Å². The molecule has 1 aromatic rings. The van der Waals surface area contributed by atoms with Gasteiger partial charge < -0.3 is 10.6 Å². The lowest BCUT2D eigenvalue weighted by Crippen LogP contribution is -2.52. The summed E-state index contributed by atoms with van der Waals surface area (Å²) in [6, 6.07) is 11.8. The lowest BCUT2D eigenvalue weighted by Gasteiger charge is -2.34. The number of benzene rings is 1. The van der Waals surface area contributed by atoms with Crippen molar-refractivity contribution in [2.24, 2.45) is 5.92 Å². The molecule has 2 nitrogen and oxygen atoms in total. The summed E-state index contributed by atoms with van der Waals surface area (Å²) in [4.78, 5) is 0.